The van der Waals surface area contributed by atoms with Crippen molar-refractivity contribution >= 4 is 47.8 Å². The third-order valence-corrected chi connectivity index (χ3v) is 9.72. The summed E-state index contributed by atoms with van der Waals surface area (Å²) in [5.41, 5.74) is 0.690. The van der Waals surface area contributed by atoms with Gasteiger partial charge in [-0.15, -0.1) is 0 Å². The maximum Gasteiger partial charge on any atom is 0.252 e. The van der Waals surface area contributed by atoms with Crippen LogP contribution in [0.5, 0.6) is 0 Å². The standard InChI is InChI=1S/C38H56N6O14/c1-19-29(35(55)39-7-9-45)21(3)33(23(5)31(19)37(57)41-25(13-47)14-48)43(17-51)11-27(53)28(54)12-44(18-52)34-22(4)30(36(56)40-8-10-46)20(2)32(24(34)6)38(58)42-26(15-49)16-50/h17-18,25-28,45-50,53-54H,7-16H2,1-6H3,(H,39,55)(H,40,56)(H,41,57)(H,42,58). The van der Waals surface area contributed by atoms with Crippen LogP contribution < -0.4 is 31.1 Å². The molecule has 0 fully saturated rings. The Balaban J connectivity index is 2.70. The molecule has 0 aromatic heterocycles. The van der Waals surface area contributed by atoms with Gasteiger partial charge in [-0.05, 0) is 74.9 Å². The highest BCUT2D eigenvalue weighted by molar-refractivity contribution is 6.08. The number of carbonyl (C=O) groups excluding carboxylic acids is 6. The zero-order valence-corrected chi connectivity index (χ0v) is 33.5. The van der Waals surface area contributed by atoms with Crippen LogP contribution in [0.25, 0.3) is 0 Å². The number of hydrogen-bond acceptors (Lipinski definition) is 14. The van der Waals surface area contributed by atoms with Gasteiger partial charge in [0, 0.05) is 35.3 Å². The number of hydrogen-bond donors (Lipinski definition) is 12. The molecule has 0 aliphatic rings. The van der Waals surface area contributed by atoms with Crippen molar-refractivity contribution in [1.29, 1.82) is 0 Å². The quantitative estimate of drug-likeness (QED) is 0.0485. The number of carbonyl (C=O) groups is 6. The van der Waals surface area contributed by atoms with Gasteiger partial charge >= 0.3 is 0 Å². The minimum atomic E-state index is -1.82. The van der Waals surface area contributed by atoms with Crippen molar-refractivity contribution in [2.45, 2.75) is 65.8 Å². The van der Waals surface area contributed by atoms with E-state index < -0.39 is 101 Å². The lowest BCUT2D eigenvalue weighted by Gasteiger charge is -2.32. The van der Waals surface area contributed by atoms with Gasteiger partial charge in [-0.2, -0.15) is 0 Å². The highest BCUT2D eigenvalue weighted by Crippen LogP contribution is 2.36. The van der Waals surface area contributed by atoms with E-state index in [0.717, 1.165) is 9.80 Å². The van der Waals surface area contributed by atoms with Crippen LogP contribution in [0, 0.1) is 41.5 Å². The minimum Gasteiger partial charge on any atom is -0.395 e. The lowest BCUT2D eigenvalue weighted by atomic mass is 9.89. The second-order valence-electron chi connectivity index (χ2n) is 13.6. The van der Waals surface area contributed by atoms with E-state index >= 15 is 0 Å². The fourth-order valence-corrected chi connectivity index (χ4v) is 6.98. The van der Waals surface area contributed by atoms with Gasteiger partial charge in [-0.1, -0.05) is 0 Å². The molecule has 322 valence electrons. The molecule has 2 aromatic carbocycles. The van der Waals surface area contributed by atoms with Crippen LogP contribution in [0.1, 0.15) is 74.8 Å². The van der Waals surface area contributed by atoms with Crippen LogP contribution >= 0.6 is 0 Å². The lowest BCUT2D eigenvalue weighted by Crippen LogP contribution is -2.46. The predicted molar refractivity (Wildman–Crippen MR) is 210 cm³/mol. The maximum atomic E-state index is 13.5. The average molecular weight is 821 g/mol. The Kier molecular flexibility index (Phi) is 19.3. The van der Waals surface area contributed by atoms with Gasteiger partial charge in [0.05, 0.1) is 88.4 Å². The molecule has 20 heteroatoms. The van der Waals surface area contributed by atoms with E-state index in [-0.39, 0.29) is 80.1 Å². The molecule has 20 nitrogen and oxygen atoms in total. The second-order valence-corrected chi connectivity index (χ2v) is 13.6. The SMILES string of the molecule is Cc1c(C(=O)NCCO)c(C)c(N(C=O)CC(O)C(O)CN(C=O)c2c(C)c(C(=O)NCCO)c(C)c(C(=O)NC(CO)CO)c2C)c(C)c1C(=O)NC(CO)CO. The summed E-state index contributed by atoms with van der Waals surface area (Å²) in [4.78, 5) is 81.1. The minimum absolute atomic E-state index is 0.00795. The summed E-state index contributed by atoms with van der Waals surface area (Å²) in [6.45, 7) is 3.94. The van der Waals surface area contributed by atoms with Crippen LogP contribution in [0.2, 0.25) is 0 Å². The first-order valence-corrected chi connectivity index (χ1v) is 18.4. The molecule has 0 heterocycles. The molecule has 0 aliphatic heterocycles. The summed E-state index contributed by atoms with van der Waals surface area (Å²) >= 11 is 0. The van der Waals surface area contributed by atoms with E-state index in [1.807, 2.05) is 0 Å². The highest BCUT2D eigenvalue weighted by atomic mass is 16.3. The van der Waals surface area contributed by atoms with Gasteiger partial charge < -0.3 is 71.9 Å². The Morgan fingerprint density at radius 2 is 0.776 bits per heavy atom. The molecule has 0 aliphatic carbocycles. The van der Waals surface area contributed by atoms with Gasteiger partial charge in [-0.3, -0.25) is 28.8 Å². The number of nitrogens with zero attached hydrogens (tertiary/aromatic N) is 2. The van der Waals surface area contributed by atoms with Gasteiger partial charge in [0.2, 0.25) is 12.8 Å². The predicted octanol–water partition coefficient (Wildman–Crippen LogP) is -3.51. The summed E-state index contributed by atoms with van der Waals surface area (Å²) in [7, 11) is 0. The summed E-state index contributed by atoms with van der Waals surface area (Å²) in [5, 5.41) is 89.5. The normalized spacial score (nSPS) is 12.2. The van der Waals surface area contributed by atoms with E-state index in [2.05, 4.69) is 21.3 Å². The summed E-state index contributed by atoms with van der Waals surface area (Å²) in [6, 6.07) is -2.14. The molecular weight excluding hydrogens is 764 g/mol. The number of anilines is 2. The molecule has 0 radical (unpaired) electrons. The molecule has 12 N–H and O–H groups in total. The van der Waals surface area contributed by atoms with Crippen LogP contribution in [0.3, 0.4) is 0 Å². The average Bonchev–Trinajstić information content (AvgIpc) is 3.18. The van der Waals surface area contributed by atoms with Crippen molar-refractivity contribution in [3.05, 3.63) is 55.6 Å². The van der Waals surface area contributed by atoms with E-state index in [1.165, 1.54) is 41.5 Å². The van der Waals surface area contributed by atoms with Gasteiger partial charge in [-0.25, -0.2) is 0 Å². The third kappa shape index (κ3) is 11.1. The van der Waals surface area contributed by atoms with E-state index in [0.29, 0.717) is 12.8 Å². The number of aliphatic hydroxyl groups is 8. The summed E-state index contributed by atoms with van der Waals surface area (Å²) in [6.07, 6.45) is -3.05. The Bertz CT molecular complexity index is 1690. The van der Waals surface area contributed by atoms with Gasteiger partial charge in [0.25, 0.3) is 23.6 Å². The summed E-state index contributed by atoms with van der Waals surface area (Å²) in [5.74, 6) is -3.04. The molecule has 0 saturated heterocycles. The molecule has 2 rings (SSSR count). The first-order valence-electron chi connectivity index (χ1n) is 18.4. The largest absolute Gasteiger partial charge is 0.395 e. The van der Waals surface area contributed by atoms with Crippen molar-refractivity contribution in [3.63, 3.8) is 0 Å². The molecule has 0 saturated carbocycles. The van der Waals surface area contributed by atoms with Crippen LogP contribution in [0.4, 0.5) is 11.4 Å². The van der Waals surface area contributed by atoms with Crippen molar-refractivity contribution in [3.8, 4) is 0 Å². The highest BCUT2D eigenvalue weighted by Gasteiger charge is 2.33. The monoisotopic (exact) mass is 820 g/mol. The van der Waals surface area contributed by atoms with E-state index in [4.69, 9.17) is 0 Å². The zero-order valence-electron chi connectivity index (χ0n) is 33.5. The fourth-order valence-electron chi connectivity index (χ4n) is 6.98. The third-order valence-electron chi connectivity index (χ3n) is 9.72. The number of rotatable bonds is 23. The van der Waals surface area contributed by atoms with Crippen molar-refractivity contribution in [2.24, 2.45) is 0 Å². The molecule has 2 aromatic rings. The number of aliphatic hydroxyl groups excluding tert-OH is 8. The molecule has 0 spiro atoms. The Labute approximate surface area is 335 Å². The molecular formula is C38H56N6O14. The number of nitrogens with one attached hydrogen (secondary N) is 4. The molecule has 6 amide bonds. The van der Waals surface area contributed by atoms with E-state index in [9.17, 15) is 69.6 Å². The molecule has 2 unspecified atom stereocenters. The molecule has 0 bridgehead atoms. The van der Waals surface area contributed by atoms with Crippen molar-refractivity contribution in [1.82, 2.24) is 21.3 Å². The van der Waals surface area contributed by atoms with Crippen LogP contribution in [-0.4, -0.2) is 167 Å². The smallest absolute Gasteiger partial charge is 0.252 e. The number of amides is 6. The topological polar surface area (TPSA) is 319 Å². The Morgan fingerprint density at radius 1 is 0.500 bits per heavy atom. The lowest BCUT2D eigenvalue weighted by molar-refractivity contribution is -0.109. The first kappa shape index (κ1) is 49.1. The Hall–Kier alpha value is -5.06. The van der Waals surface area contributed by atoms with E-state index in [1.54, 1.807) is 0 Å². The van der Waals surface area contributed by atoms with Crippen LogP contribution in [-0.2, 0) is 9.59 Å². The van der Waals surface area contributed by atoms with Crippen molar-refractivity contribution < 1.29 is 69.6 Å². The Morgan fingerprint density at radius 3 is 1.02 bits per heavy atom. The fraction of sp³-hybridized carbons (Fsp3) is 0.526. The van der Waals surface area contributed by atoms with Crippen molar-refractivity contribution in [2.75, 3.05) is 75.6 Å². The van der Waals surface area contributed by atoms with Gasteiger partial charge in [0.1, 0.15) is 0 Å². The number of benzene rings is 2. The maximum absolute atomic E-state index is 13.5. The molecule has 58 heavy (non-hydrogen) atoms. The van der Waals surface area contributed by atoms with Crippen LogP contribution in [0.15, 0.2) is 0 Å². The summed E-state index contributed by atoms with van der Waals surface area (Å²) < 4.78 is 0. The van der Waals surface area contributed by atoms with Gasteiger partial charge in [0.15, 0.2) is 0 Å². The molecule has 2 atom stereocenters. The second kappa shape index (κ2) is 22.8. The zero-order chi connectivity index (χ0) is 44.0. The first-order chi connectivity index (χ1) is 27.5.